The molecular weight excluding hydrogens is 496 g/mol. The lowest BCUT2D eigenvalue weighted by molar-refractivity contribution is -0.140. The fourth-order valence-corrected chi connectivity index (χ4v) is 3.96. The number of nitrogens with zero attached hydrogens (tertiary/aromatic N) is 1. The number of hydrogen-bond acceptors (Lipinski definition) is 5. The van der Waals surface area contributed by atoms with E-state index in [9.17, 15) is 19.2 Å². The molecule has 4 N–H and O–H groups in total. The number of rotatable bonds is 8. The predicted molar refractivity (Wildman–Crippen MR) is 143 cm³/mol. The molecule has 0 aliphatic heterocycles. The number of hydrogen-bond donors (Lipinski definition) is 3. The van der Waals surface area contributed by atoms with Gasteiger partial charge in [0.2, 0.25) is 11.8 Å². The third-order valence-electron chi connectivity index (χ3n) is 5.69. The van der Waals surface area contributed by atoms with Crippen LogP contribution in [0.2, 0.25) is 5.02 Å². The number of aryl methyl sites for hydroxylation is 3. The Morgan fingerprint density at radius 2 is 1.68 bits per heavy atom. The van der Waals surface area contributed by atoms with Crippen molar-refractivity contribution in [3.8, 4) is 0 Å². The normalized spacial score (nSPS) is 12.8. The Labute approximate surface area is 222 Å². The summed E-state index contributed by atoms with van der Waals surface area (Å²) in [6.45, 7) is 10.6. The van der Waals surface area contributed by atoms with Gasteiger partial charge in [-0.15, -0.1) is 0 Å². The van der Waals surface area contributed by atoms with E-state index in [-0.39, 0.29) is 0 Å². The van der Waals surface area contributed by atoms with Crippen LogP contribution in [0.25, 0.3) is 0 Å². The van der Waals surface area contributed by atoms with E-state index in [0.717, 1.165) is 16.7 Å². The molecule has 0 radical (unpaired) electrons. The molecule has 0 saturated carbocycles. The summed E-state index contributed by atoms with van der Waals surface area (Å²) >= 11 is 6.32. The third-order valence-corrected chi connectivity index (χ3v) is 6.01. The minimum Gasteiger partial charge on any atom is -0.444 e. The van der Waals surface area contributed by atoms with E-state index in [0.29, 0.717) is 16.3 Å². The first-order valence-electron chi connectivity index (χ1n) is 11.8. The smallest absolute Gasteiger partial charge is 0.408 e. The molecule has 4 amide bonds. The second-order valence-corrected chi connectivity index (χ2v) is 10.4. The van der Waals surface area contributed by atoms with Gasteiger partial charge in [-0.1, -0.05) is 41.9 Å². The first kappa shape index (κ1) is 29.6. The Bertz CT molecular complexity index is 1170. The molecule has 0 spiro atoms. The maximum Gasteiger partial charge on any atom is 0.408 e. The molecule has 2 rings (SSSR count). The number of ether oxygens (including phenoxy) is 1. The molecule has 2 unspecified atom stereocenters. The number of amides is 4. The molecule has 9 nitrogen and oxygen atoms in total. The number of para-hydroxylation sites is 1. The second-order valence-electron chi connectivity index (χ2n) is 9.99. The second kappa shape index (κ2) is 12.1. The van der Waals surface area contributed by atoms with Crippen molar-refractivity contribution in [2.75, 3.05) is 12.4 Å². The monoisotopic (exact) mass is 530 g/mol. The van der Waals surface area contributed by atoms with E-state index in [1.807, 2.05) is 26.0 Å². The van der Waals surface area contributed by atoms with Gasteiger partial charge < -0.3 is 26.0 Å². The summed E-state index contributed by atoms with van der Waals surface area (Å²) < 4.78 is 5.24. The van der Waals surface area contributed by atoms with Gasteiger partial charge in [0.15, 0.2) is 0 Å². The Hall–Kier alpha value is -3.59. The van der Waals surface area contributed by atoms with Gasteiger partial charge in [-0.2, -0.15) is 0 Å². The summed E-state index contributed by atoms with van der Waals surface area (Å²) in [6.07, 6.45) is -1.37. The molecule has 200 valence electrons. The lowest BCUT2D eigenvalue weighted by atomic mass is 9.98. The number of carbonyl (C=O) groups is 4. The molecule has 0 bridgehead atoms. The molecule has 10 heteroatoms. The SMILES string of the molecule is Cc1ccc(C(C(=O)Nc2c(C)cccc2Cl)N(C)C(=O)C(CC(N)=O)NC(=O)OC(C)(C)C)cc1C. The van der Waals surface area contributed by atoms with Crippen molar-refractivity contribution in [2.45, 2.75) is 65.6 Å². The highest BCUT2D eigenvalue weighted by atomic mass is 35.5. The zero-order valence-electron chi connectivity index (χ0n) is 22.3. The number of nitrogens with two attached hydrogens (primary N) is 1. The van der Waals surface area contributed by atoms with Crippen LogP contribution < -0.4 is 16.4 Å². The maximum atomic E-state index is 13.6. The number of halogens is 1. The van der Waals surface area contributed by atoms with Crippen LogP contribution in [0.1, 0.15) is 55.5 Å². The van der Waals surface area contributed by atoms with Crippen molar-refractivity contribution >= 4 is 41.1 Å². The Balaban J connectivity index is 2.47. The third kappa shape index (κ3) is 8.21. The van der Waals surface area contributed by atoms with Gasteiger partial charge in [-0.25, -0.2) is 4.79 Å². The standard InChI is InChI=1S/C27H35ClN4O5/c1-15-11-12-18(13-17(15)3)23(24(34)31-22-16(2)9-8-10-19(22)28)32(7)25(35)20(14-21(29)33)30-26(36)37-27(4,5)6/h8-13,20,23H,14H2,1-7H3,(H2,29,33)(H,30,36)(H,31,34). The zero-order chi connectivity index (χ0) is 28.1. The van der Waals surface area contributed by atoms with Crippen LogP contribution in [0.15, 0.2) is 36.4 Å². The molecule has 0 aliphatic carbocycles. The minimum absolute atomic E-state index is 0.347. The molecule has 0 saturated heterocycles. The van der Waals surface area contributed by atoms with Crippen LogP contribution in [0.5, 0.6) is 0 Å². The number of primary amides is 1. The zero-order valence-corrected chi connectivity index (χ0v) is 23.0. The fourth-order valence-electron chi connectivity index (χ4n) is 3.69. The molecule has 0 fully saturated rings. The summed E-state index contributed by atoms with van der Waals surface area (Å²) in [6, 6.07) is 8.17. The maximum absolute atomic E-state index is 13.6. The lowest BCUT2D eigenvalue weighted by Gasteiger charge is -2.31. The minimum atomic E-state index is -1.35. The number of benzene rings is 2. The summed E-state index contributed by atoms with van der Waals surface area (Å²) in [5.74, 6) is -2.02. The highest BCUT2D eigenvalue weighted by Crippen LogP contribution is 2.29. The van der Waals surface area contributed by atoms with Crippen molar-refractivity contribution in [1.29, 1.82) is 0 Å². The number of nitrogens with one attached hydrogen (secondary N) is 2. The molecule has 2 aromatic carbocycles. The van der Waals surface area contributed by atoms with Crippen molar-refractivity contribution in [3.63, 3.8) is 0 Å². The summed E-state index contributed by atoms with van der Waals surface area (Å²) in [5.41, 5.74) is 8.16. The summed E-state index contributed by atoms with van der Waals surface area (Å²) in [4.78, 5) is 52.5. The van der Waals surface area contributed by atoms with Gasteiger partial charge in [-0.3, -0.25) is 14.4 Å². The van der Waals surface area contributed by atoms with Crippen LogP contribution in [0.4, 0.5) is 10.5 Å². The van der Waals surface area contributed by atoms with Gasteiger partial charge in [0.25, 0.3) is 5.91 Å². The van der Waals surface area contributed by atoms with Gasteiger partial charge in [-0.05, 0) is 69.9 Å². The number of likely N-dealkylation sites (N-methyl/N-ethyl adjacent to an activating group) is 1. The average molecular weight is 531 g/mol. The number of anilines is 1. The highest BCUT2D eigenvalue weighted by Gasteiger charge is 2.35. The quantitative estimate of drug-likeness (QED) is 0.471. The first-order chi connectivity index (χ1) is 17.1. The Morgan fingerprint density at radius 3 is 2.22 bits per heavy atom. The van der Waals surface area contributed by atoms with Crippen molar-refractivity contribution in [1.82, 2.24) is 10.2 Å². The average Bonchev–Trinajstić information content (AvgIpc) is 2.76. The van der Waals surface area contributed by atoms with Gasteiger partial charge in [0.05, 0.1) is 17.1 Å². The molecule has 2 atom stereocenters. The summed E-state index contributed by atoms with van der Waals surface area (Å²) in [5, 5.41) is 5.59. The molecular formula is C27H35ClN4O5. The number of alkyl carbamates (subject to hydrolysis) is 1. The van der Waals surface area contributed by atoms with Crippen LogP contribution in [0, 0.1) is 20.8 Å². The van der Waals surface area contributed by atoms with Gasteiger partial charge in [0, 0.05) is 7.05 Å². The summed E-state index contributed by atoms with van der Waals surface area (Å²) in [7, 11) is 1.42. The van der Waals surface area contributed by atoms with E-state index in [1.54, 1.807) is 52.0 Å². The van der Waals surface area contributed by atoms with Gasteiger partial charge in [0.1, 0.15) is 17.7 Å². The van der Waals surface area contributed by atoms with Crippen molar-refractivity contribution in [3.05, 3.63) is 63.7 Å². The van der Waals surface area contributed by atoms with Crippen molar-refractivity contribution < 1.29 is 23.9 Å². The van der Waals surface area contributed by atoms with E-state index in [2.05, 4.69) is 10.6 Å². The van der Waals surface area contributed by atoms with E-state index < -0.39 is 47.9 Å². The number of carbonyl (C=O) groups excluding carboxylic acids is 4. The van der Waals surface area contributed by atoms with Gasteiger partial charge >= 0.3 is 6.09 Å². The largest absolute Gasteiger partial charge is 0.444 e. The Morgan fingerprint density at radius 1 is 1.03 bits per heavy atom. The first-order valence-corrected chi connectivity index (χ1v) is 12.2. The van der Waals surface area contributed by atoms with Crippen molar-refractivity contribution in [2.24, 2.45) is 5.73 Å². The van der Waals surface area contributed by atoms with E-state index in [1.165, 1.54) is 11.9 Å². The van der Waals surface area contributed by atoms with E-state index in [4.69, 9.17) is 22.1 Å². The predicted octanol–water partition coefficient (Wildman–Crippen LogP) is 4.17. The molecule has 2 aromatic rings. The van der Waals surface area contributed by atoms with Crippen LogP contribution in [0.3, 0.4) is 0 Å². The van der Waals surface area contributed by atoms with Crippen LogP contribution in [-0.4, -0.2) is 47.4 Å². The fraction of sp³-hybridized carbons (Fsp3) is 0.407. The highest BCUT2D eigenvalue weighted by molar-refractivity contribution is 6.34. The molecule has 37 heavy (non-hydrogen) atoms. The Kier molecular flexibility index (Phi) is 9.69. The van der Waals surface area contributed by atoms with Crippen LogP contribution >= 0.6 is 11.6 Å². The molecule has 0 aromatic heterocycles. The van der Waals surface area contributed by atoms with E-state index >= 15 is 0 Å². The topological polar surface area (TPSA) is 131 Å². The van der Waals surface area contributed by atoms with Crippen LogP contribution in [-0.2, 0) is 19.1 Å². The molecule has 0 heterocycles. The molecule has 0 aliphatic rings. The lowest BCUT2D eigenvalue weighted by Crippen LogP contribution is -2.52.